The quantitative estimate of drug-likeness (QED) is 0.305. The van der Waals surface area contributed by atoms with Crippen molar-refractivity contribution in [1.29, 1.82) is 0 Å². The van der Waals surface area contributed by atoms with Crippen molar-refractivity contribution in [2.75, 3.05) is 33.9 Å². The standard InChI is InChI=1S/C22H24ClFN6O5/c1-33-16-7-11(18-10-27-5-6-35-18)3-4-12(16)20-19(23)21(25)29(26)22(28-20)13-8-15(30(31)32)14(24)9-17(13)34-2/h3-4,7-9,18,22,27H,5-6,10,25-26H2,1-2H3. The maximum Gasteiger partial charge on any atom is 0.305 e. The number of allylic oxidation sites excluding steroid dienone is 1. The van der Waals surface area contributed by atoms with Crippen molar-refractivity contribution in [3.63, 3.8) is 0 Å². The molecular formula is C22H24ClFN6O5. The van der Waals surface area contributed by atoms with Gasteiger partial charge in [0.15, 0.2) is 6.17 Å². The van der Waals surface area contributed by atoms with E-state index in [0.29, 0.717) is 24.5 Å². The lowest BCUT2D eigenvalue weighted by Crippen LogP contribution is -2.41. The SMILES string of the molecule is COc1cc(C2CNCCO2)ccc1C1=NC(c2cc([N+](=O)[O-])c(F)cc2OC)N(N)C(N)=C1Cl. The Morgan fingerprint density at radius 1 is 1.29 bits per heavy atom. The van der Waals surface area contributed by atoms with Gasteiger partial charge in [-0.15, -0.1) is 0 Å². The third kappa shape index (κ3) is 4.60. The molecule has 1 saturated heterocycles. The van der Waals surface area contributed by atoms with Gasteiger partial charge < -0.3 is 25.3 Å². The third-order valence-electron chi connectivity index (χ3n) is 5.78. The molecule has 5 N–H and O–H groups in total. The summed E-state index contributed by atoms with van der Waals surface area (Å²) in [4.78, 5) is 15.1. The number of aliphatic imine (C=N–C) groups is 1. The average molecular weight is 507 g/mol. The number of nitrogens with two attached hydrogens (primary N) is 2. The zero-order valence-corrected chi connectivity index (χ0v) is 19.7. The third-order valence-corrected chi connectivity index (χ3v) is 6.15. The molecule has 0 spiro atoms. The van der Waals surface area contributed by atoms with Crippen LogP contribution in [0.25, 0.3) is 0 Å². The molecule has 0 bridgehead atoms. The minimum atomic E-state index is -1.10. The zero-order valence-electron chi connectivity index (χ0n) is 19.0. The zero-order chi connectivity index (χ0) is 25.3. The largest absolute Gasteiger partial charge is 0.496 e. The molecule has 2 heterocycles. The molecule has 2 aliphatic rings. The summed E-state index contributed by atoms with van der Waals surface area (Å²) in [7, 11) is 2.81. The van der Waals surface area contributed by atoms with Crippen LogP contribution in [0.4, 0.5) is 10.1 Å². The summed E-state index contributed by atoms with van der Waals surface area (Å²) in [6.07, 6.45) is -1.25. The number of morpholine rings is 1. The van der Waals surface area contributed by atoms with Crippen LogP contribution in [0.1, 0.15) is 29.0 Å². The van der Waals surface area contributed by atoms with Gasteiger partial charge in [-0.25, -0.2) is 5.84 Å². The monoisotopic (exact) mass is 506 g/mol. The van der Waals surface area contributed by atoms with Crippen molar-refractivity contribution in [3.05, 3.63) is 73.8 Å². The molecule has 2 aliphatic heterocycles. The van der Waals surface area contributed by atoms with Crippen LogP contribution < -0.4 is 26.4 Å². The van der Waals surface area contributed by atoms with Gasteiger partial charge in [-0.3, -0.25) is 20.1 Å². The summed E-state index contributed by atoms with van der Waals surface area (Å²) in [5.41, 5.74) is 7.22. The van der Waals surface area contributed by atoms with Gasteiger partial charge in [0, 0.05) is 36.3 Å². The van der Waals surface area contributed by atoms with E-state index in [0.717, 1.165) is 29.2 Å². The topological polar surface area (TPSA) is 150 Å². The summed E-state index contributed by atoms with van der Waals surface area (Å²) in [5, 5.41) is 15.7. The number of nitro benzene ring substituents is 1. The molecule has 11 nitrogen and oxygen atoms in total. The predicted octanol–water partition coefficient (Wildman–Crippen LogP) is 2.46. The molecule has 2 aromatic carbocycles. The van der Waals surface area contributed by atoms with Gasteiger partial charge in [0.1, 0.15) is 22.4 Å². The van der Waals surface area contributed by atoms with Gasteiger partial charge in [-0.05, 0) is 17.7 Å². The maximum atomic E-state index is 14.2. The lowest BCUT2D eigenvalue weighted by molar-refractivity contribution is -0.387. The number of hydrogen-bond donors (Lipinski definition) is 3. The van der Waals surface area contributed by atoms with Crippen LogP contribution in [0, 0.1) is 15.9 Å². The van der Waals surface area contributed by atoms with Crippen molar-refractivity contribution in [2.45, 2.75) is 12.3 Å². The molecular weight excluding hydrogens is 483 g/mol. The number of ether oxygens (including phenoxy) is 3. The molecule has 1 fully saturated rings. The molecule has 0 aliphatic carbocycles. The van der Waals surface area contributed by atoms with E-state index in [9.17, 15) is 14.5 Å². The van der Waals surface area contributed by atoms with Gasteiger partial charge in [0.05, 0.1) is 37.6 Å². The Kier molecular flexibility index (Phi) is 7.08. The van der Waals surface area contributed by atoms with Crippen molar-refractivity contribution in [1.82, 2.24) is 10.3 Å². The predicted molar refractivity (Wildman–Crippen MR) is 127 cm³/mol. The fourth-order valence-electron chi connectivity index (χ4n) is 3.98. The number of hydrazine groups is 1. The first-order chi connectivity index (χ1) is 16.8. The van der Waals surface area contributed by atoms with Crippen LogP contribution in [0.5, 0.6) is 11.5 Å². The van der Waals surface area contributed by atoms with E-state index in [1.54, 1.807) is 6.07 Å². The van der Waals surface area contributed by atoms with Crippen LogP contribution in [-0.2, 0) is 4.74 Å². The molecule has 2 unspecified atom stereocenters. The Morgan fingerprint density at radius 2 is 2.03 bits per heavy atom. The highest BCUT2D eigenvalue weighted by Gasteiger charge is 2.33. The van der Waals surface area contributed by atoms with Crippen LogP contribution in [-0.4, -0.2) is 49.6 Å². The molecule has 0 amide bonds. The minimum absolute atomic E-state index is 0.00623. The fourth-order valence-corrected chi connectivity index (χ4v) is 4.22. The summed E-state index contributed by atoms with van der Waals surface area (Å²) < 4.78 is 30.9. The van der Waals surface area contributed by atoms with Crippen molar-refractivity contribution >= 4 is 23.0 Å². The number of halogens is 2. The second kappa shape index (κ2) is 10.0. The van der Waals surface area contributed by atoms with E-state index < -0.39 is 22.6 Å². The molecule has 4 rings (SSSR count). The van der Waals surface area contributed by atoms with Crippen LogP contribution in [0.3, 0.4) is 0 Å². The molecule has 0 aromatic heterocycles. The van der Waals surface area contributed by atoms with E-state index in [-0.39, 0.29) is 34.0 Å². The second-order valence-electron chi connectivity index (χ2n) is 7.78. The summed E-state index contributed by atoms with van der Waals surface area (Å²) in [6.45, 7) is 2.03. The van der Waals surface area contributed by atoms with Crippen molar-refractivity contribution in [3.8, 4) is 11.5 Å². The van der Waals surface area contributed by atoms with Gasteiger partial charge in [0.2, 0.25) is 5.82 Å². The number of hydrogen-bond acceptors (Lipinski definition) is 10. The second-order valence-corrected chi connectivity index (χ2v) is 8.16. The van der Waals surface area contributed by atoms with Crippen molar-refractivity contribution < 1.29 is 23.5 Å². The van der Waals surface area contributed by atoms with Gasteiger partial charge in [0.25, 0.3) is 0 Å². The minimum Gasteiger partial charge on any atom is -0.496 e. The number of nitrogens with one attached hydrogen (secondary N) is 1. The molecule has 13 heteroatoms. The Bertz CT molecular complexity index is 1220. The molecule has 0 saturated carbocycles. The van der Waals surface area contributed by atoms with Crippen LogP contribution in [0.15, 0.2) is 46.2 Å². The smallest absolute Gasteiger partial charge is 0.305 e. The molecule has 2 atom stereocenters. The van der Waals surface area contributed by atoms with E-state index in [2.05, 4.69) is 10.3 Å². The normalized spacial score (nSPS) is 20.5. The Hall–Kier alpha value is -3.45. The van der Waals surface area contributed by atoms with E-state index in [4.69, 9.17) is 37.4 Å². The number of methoxy groups -OCH3 is 2. The average Bonchev–Trinajstić information content (AvgIpc) is 2.87. The highest BCUT2D eigenvalue weighted by molar-refractivity contribution is 6.47. The van der Waals surface area contributed by atoms with Crippen molar-refractivity contribution in [2.24, 2.45) is 16.6 Å². The van der Waals surface area contributed by atoms with E-state index in [1.165, 1.54) is 14.2 Å². The van der Waals surface area contributed by atoms with Gasteiger partial charge >= 0.3 is 5.69 Å². The molecule has 0 radical (unpaired) electrons. The Morgan fingerprint density at radius 3 is 2.66 bits per heavy atom. The van der Waals surface area contributed by atoms with Gasteiger partial charge in [-0.2, -0.15) is 4.39 Å². The number of benzene rings is 2. The highest BCUT2D eigenvalue weighted by atomic mass is 35.5. The maximum absolute atomic E-state index is 14.2. The van der Waals surface area contributed by atoms with E-state index >= 15 is 0 Å². The number of rotatable bonds is 6. The Balaban J connectivity index is 1.82. The number of nitrogens with zero attached hydrogens (tertiary/aromatic N) is 3. The van der Waals surface area contributed by atoms with Crippen LogP contribution >= 0.6 is 11.6 Å². The first-order valence-electron chi connectivity index (χ1n) is 10.6. The number of nitro groups is 1. The lowest BCUT2D eigenvalue weighted by Gasteiger charge is -2.33. The van der Waals surface area contributed by atoms with Gasteiger partial charge in [-0.1, -0.05) is 17.7 Å². The first kappa shape index (κ1) is 24.7. The first-order valence-corrected chi connectivity index (χ1v) is 10.9. The van der Waals surface area contributed by atoms with E-state index in [1.807, 2.05) is 12.1 Å². The summed E-state index contributed by atoms with van der Waals surface area (Å²) in [5.74, 6) is 5.52. The summed E-state index contributed by atoms with van der Waals surface area (Å²) >= 11 is 6.53. The lowest BCUT2D eigenvalue weighted by atomic mass is 10.00. The summed E-state index contributed by atoms with van der Waals surface area (Å²) in [6, 6.07) is 7.38. The molecule has 2 aromatic rings. The fraction of sp³-hybridized carbons (Fsp3) is 0.318. The molecule has 186 valence electrons. The Labute approximate surface area is 205 Å². The molecule has 35 heavy (non-hydrogen) atoms. The highest BCUT2D eigenvalue weighted by Crippen LogP contribution is 2.40. The van der Waals surface area contributed by atoms with Crippen LogP contribution in [0.2, 0.25) is 0 Å².